The number of carbonyl (C=O) groups is 2. The van der Waals surface area contributed by atoms with Gasteiger partial charge in [-0.05, 0) is 81.3 Å². The lowest BCUT2D eigenvalue weighted by atomic mass is 9.85. The van der Waals surface area contributed by atoms with E-state index in [0.29, 0.717) is 29.2 Å². The summed E-state index contributed by atoms with van der Waals surface area (Å²) in [6.07, 6.45) is 2.46. The van der Waals surface area contributed by atoms with Crippen molar-refractivity contribution in [2.45, 2.75) is 32.7 Å². The highest BCUT2D eigenvalue weighted by atomic mass is 16.5. The first-order valence-electron chi connectivity index (χ1n) is 11.6. The van der Waals surface area contributed by atoms with E-state index in [2.05, 4.69) is 24.5 Å². The summed E-state index contributed by atoms with van der Waals surface area (Å²) in [5.41, 5.74) is 4.21. The number of rotatable bonds is 7. The molecule has 6 nitrogen and oxygen atoms in total. The Kier molecular flexibility index (Phi) is 6.92. The fourth-order valence-electron chi connectivity index (χ4n) is 4.19. The van der Waals surface area contributed by atoms with E-state index >= 15 is 0 Å². The monoisotopic (exact) mass is 470 g/mol. The summed E-state index contributed by atoms with van der Waals surface area (Å²) in [6.45, 7) is 6.69. The molecule has 0 aromatic heterocycles. The highest BCUT2D eigenvalue weighted by Crippen LogP contribution is 2.32. The van der Waals surface area contributed by atoms with E-state index in [1.165, 1.54) is 0 Å². The highest BCUT2D eigenvalue weighted by Gasteiger charge is 2.28. The number of methoxy groups -OCH3 is 1. The van der Waals surface area contributed by atoms with E-state index < -0.39 is 0 Å². The molecule has 0 spiro atoms. The number of hydrogen-bond donors (Lipinski definition) is 2. The second-order valence-corrected chi connectivity index (χ2v) is 9.12. The van der Waals surface area contributed by atoms with Crippen LogP contribution in [0.4, 0.5) is 5.69 Å². The number of ketones is 1. The summed E-state index contributed by atoms with van der Waals surface area (Å²) < 4.78 is 10.8. The van der Waals surface area contributed by atoms with E-state index in [4.69, 9.17) is 9.47 Å². The third-order valence-corrected chi connectivity index (χ3v) is 5.82. The molecule has 0 saturated heterocycles. The van der Waals surface area contributed by atoms with Crippen LogP contribution in [-0.2, 0) is 6.42 Å². The number of benzene rings is 3. The number of amides is 1. The minimum Gasteiger partial charge on any atom is -0.497 e. The molecule has 35 heavy (non-hydrogen) atoms. The van der Waals surface area contributed by atoms with Crippen molar-refractivity contribution >= 4 is 23.1 Å². The van der Waals surface area contributed by atoms with E-state index in [0.717, 1.165) is 29.0 Å². The molecule has 2 N–H and O–H groups in total. The maximum Gasteiger partial charge on any atom is 0.255 e. The standard InChI is InChI=1S/C29H30N2O4/c1-5-35-23-12-9-19(10-13-23)28(33)30-22-8-6-7-20(15-22)27(32)17-26-25-16-24(34-4)14-11-21(25)18-29(2,3)31-26/h6-17,31H,5,18H2,1-4H3,(H,30,33)/b26-17-. The molecular formula is C29H30N2O4. The number of hydrogen-bond acceptors (Lipinski definition) is 5. The van der Waals surface area contributed by atoms with Crippen molar-refractivity contribution in [1.82, 2.24) is 5.32 Å². The van der Waals surface area contributed by atoms with Crippen LogP contribution >= 0.6 is 0 Å². The van der Waals surface area contributed by atoms with Gasteiger partial charge in [0.2, 0.25) is 0 Å². The van der Waals surface area contributed by atoms with Crippen molar-refractivity contribution in [3.63, 3.8) is 0 Å². The van der Waals surface area contributed by atoms with Gasteiger partial charge in [0.05, 0.1) is 13.7 Å². The summed E-state index contributed by atoms with van der Waals surface area (Å²) in [4.78, 5) is 25.9. The quantitative estimate of drug-likeness (QED) is 0.353. The van der Waals surface area contributed by atoms with E-state index in [-0.39, 0.29) is 17.2 Å². The predicted octanol–water partition coefficient (Wildman–Crippen LogP) is 5.49. The van der Waals surface area contributed by atoms with Gasteiger partial charge in [-0.3, -0.25) is 9.59 Å². The van der Waals surface area contributed by atoms with E-state index in [9.17, 15) is 9.59 Å². The molecule has 1 aliphatic rings. The first kappa shape index (κ1) is 24.1. The molecule has 0 saturated carbocycles. The molecule has 0 aliphatic carbocycles. The van der Waals surface area contributed by atoms with Crippen LogP contribution < -0.4 is 20.1 Å². The molecule has 6 heteroatoms. The van der Waals surface area contributed by atoms with Crippen molar-refractivity contribution in [2.24, 2.45) is 0 Å². The first-order valence-corrected chi connectivity index (χ1v) is 11.6. The minimum atomic E-state index is -0.257. The molecule has 180 valence electrons. The summed E-state index contributed by atoms with van der Waals surface area (Å²) in [7, 11) is 1.63. The second-order valence-electron chi connectivity index (χ2n) is 9.12. The fourth-order valence-corrected chi connectivity index (χ4v) is 4.19. The highest BCUT2D eigenvalue weighted by molar-refractivity contribution is 6.10. The SMILES string of the molecule is CCOc1ccc(C(=O)Nc2cccc(C(=O)/C=C3\NC(C)(C)Cc4ccc(OC)cc43)c2)cc1. The van der Waals surface area contributed by atoms with Gasteiger partial charge in [0.25, 0.3) is 5.91 Å². The molecule has 1 amide bonds. The lowest BCUT2D eigenvalue weighted by molar-refractivity contribution is 0.102. The smallest absolute Gasteiger partial charge is 0.255 e. The Balaban J connectivity index is 1.56. The van der Waals surface area contributed by atoms with Crippen LogP contribution in [0.1, 0.15) is 52.6 Å². The van der Waals surface area contributed by atoms with Crippen molar-refractivity contribution in [2.75, 3.05) is 19.0 Å². The third-order valence-electron chi connectivity index (χ3n) is 5.82. The molecule has 0 fully saturated rings. The number of ether oxygens (including phenoxy) is 2. The zero-order valence-electron chi connectivity index (χ0n) is 20.5. The Morgan fingerprint density at radius 2 is 1.74 bits per heavy atom. The molecule has 1 heterocycles. The van der Waals surface area contributed by atoms with Gasteiger partial charge in [0.1, 0.15) is 11.5 Å². The Labute approximate surface area is 206 Å². The Hall–Kier alpha value is -4.06. The lowest BCUT2D eigenvalue weighted by Gasteiger charge is -2.35. The lowest BCUT2D eigenvalue weighted by Crippen LogP contribution is -2.43. The molecule has 4 rings (SSSR count). The van der Waals surface area contributed by atoms with Gasteiger partial charge in [0.15, 0.2) is 5.78 Å². The van der Waals surface area contributed by atoms with E-state index in [1.54, 1.807) is 61.7 Å². The average molecular weight is 471 g/mol. The summed E-state index contributed by atoms with van der Waals surface area (Å²) >= 11 is 0. The van der Waals surface area contributed by atoms with Crippen LogP contribution in [0.25, 0.3) is 5.70 Å². The molecule has 0 bridgehead atoms. The van der Waals surface area contributed by atoms with E-state index in [1.807, 2.05) is 25.1 Å². The zero-order chi connectivity index (χ0) is 25.0. The number of anilines is 1. The Bertz CT molecular complexity index is 1280. The molecule has 0 unspecified atom stereocenters. The molecule has 1 aliphatic heterocycles. The van der Waals surface area contributed by atoms with Crippen LogP contribution in [0.5, 0.6) is 11.5 Å². The second kappa shape index (κ2) is 10.1. The number of carbonyl (C=O) groups excluding carboxylic acids is 2. The van der Waals surface area contributed by atoms with Gasteiger partial charge >= 0.3 is 0 Å². The largest absolute Gasteiger partial charge is 0.497 e. The Morgan fingerprint density at radius 1 is 1.00 bits per heavy atom. The molecule has 0 radical (unpaired) electrons. The number of fused-ring (bicyclic) bond motifs is 1. The van der Waals surface area contributed by atoms with Gasteiger partial charge in [0, 0.05) is 39.7 Å². The fraction of sp³-hybridized carbons (Fsp3) is 0.241. The van der Waals surface area contributed by atoms with Gasteiger partial charge in [-0.15, -0.1) is 0 Å². The average Bonchev–Trinajstić information content (AvgIpc) is 2.84. The first-order chi connectivity index (χ1) is 16.8. The normalized spacial score (nSPS) is 15.0. The van der Waals surface area contributed by atoms with Crippen molar-refractivity contribution in [3.05, 3.63) is 95.1 Å². The van der Waals surface area contributed by atoms with Crippen molar-refractivity contribution < 1.29 is 19.1 Å². The minimum absolute atomic E-state index is 0.156. The maximum absolute atomic E-state index is 13.2. The number of nitrogens with one attached hydrogen (secondary N) is 2. The Morgan fingerprint density at radius 3 is 2.46 bits per heavy atom. The van der Waals surface area contributed by atoms with Gasteiger partial charge in [-0.2, -0.15) is 0 Å². The molecule has 0 atom stereocenters. The predicted molar refractivity (Wildman–Crippen MR) is 138 cm³/mol. The maximum atomic E-state index is 13.2. The topological polar surface area (TPSA) is 76.7 Å². The summed E-state index contributed by atoms with van der Waals surface area (Å²) in [5, 5.41) is 6.36. The number of allylic oxidation sites excluding steroid dienone is 1. The van der Waals surface area contributed by atoms with Crippen molar-refractivity contribution in [3.8, 4) is 11.5 Å². The van der Waals surface area contributed by atoms with Gasteiger partial charge in [-0.1, -0.05) is 18.2 Å². The van der Waals surface area contributed by atoms with Gasteiger partial charge in [-0.25, -0.2) is 0 Å². The zero-order valence-corrected chi connectivity index (χ0v) is 20.5. The van der Waals surface area contributed by atoms with Crippen LogP contribution in [0.3, 0.4) is 0 Å². The summed E-state index contributed by atoms with van der Waals surface area (Å²) in [6, 6.07) is 19.8. The van der Waals surface area contributed by atoms with Crippen LogP contribution in [-0.4, -0.2) is 30.9 Å². The molecule has 3 aromatic rings. The third kappa shape index (κ3) is 5.72. The van der Waals surface area contributed by atoms with Crippen LogP contribution in [0.15, 0.2) is 72.8 Å². The molecule has 3 aromatic carbocycles. The summed E-state index contributed by atoms with van der Waals surface area (Å²) in [5.74, 6) is 1.04. The molecular weight excluding hydrogens is 440 g/mol. The van der Waals surface area contributed by atoms with Crippen LogP contribution in [0.2, 0.25) is 0 Å². The van der Waals surface area contributed by atoms with Gasteiger partial charge < -0.3 is 20.1 Å². The van der Waals surface area contributed by atoms with Crippen molar-refractivity contribution in [1.29, 1.82) is 0 Å². The van der Waals surface area contributed by atoms with Crippen LogP contribution in [0, 0.1) is 0 Å².